The van der Waals surface area contributed by atoms with E-state index in [0.29, 0.717) is 5.57 Å². The van der Waals surface area contributed by atoms with Crippen molar-refractivity contribution in [3.63, 3.8) is 0 Å². The van der Waals surface area contributed by atoms with E-state index >= 15 is 0 Å². The van der Waals surface area contributed by atoms with Crippen LogP contribution in [0.5, 0.6) is 0 Å². The van der Waals surface area contributed by atoms with Gasteiger partial charge in [-0.3, -0.25) is 0 Å². The van der Waals surface area contributed by atoms with Crippen LogP contribution in [0.1, 0.15) is 13.8 Å². The van der Waals surface area contributed by atoms with Crippen LogP contribution in [0.25, 0.3) is 0 Å². The summed E-state index contributed by atoms with van der Waals surface area (Å²) in [5.41, 5.74) is 0.382. The van der Waals surface area contributed by atoms with E-state index in [0.717, 1.165) is 0 Å². The Morgan fingerprint density at radius 2 is 1.47 bits per heavy atom. The van der Waals surface area contributed by atoms with E-state index in [-0.39, 0.29) is 0 Å². The molecule has 0 heterocycles. The van der Waals surface area contributed by atoms with Gasteiger partial charge in [0, 0.05) is 0 Å². The molecular weight excluding hydrogens is 204 g/mol. The van der Waals surface area contributed by atoms with Gasteiger partial charge >= 0.3 is 0 Å². The number of aliphatic hydroxyl groups is 6. The molecule has 6 nitrogen and oxygen atoms in total. The second-order valence-electron chi connectivity index (χ2n) is 3.56. The quantitative estimate of drug-likeness (QED) is 0.308. The maximum Gasteiger partial charge on any atom is 0.139 e. The first-order valence-electron chi connectivity index (χ1n) is 4.52. The minimum Gasteiger partial charge on any atom is -0.510 e. The molecule has 6 heteroatoms. The molecule has 0 aromatic rings. The van der Waals surface area contributed by atoms with Gasteiger partial charge in [0.2, 0.25) is 0 Å². The predicted molar refractivity (Wildman–Crippen MR) is 52.1 cm³/mol. The molecule has 0 aromatic heterocycles. The summed E-state index contributed by atoms with van der Waals surface area (Å²) in [6.45, 7) is 2.28. The van der Waals surface area contributed by atoms with Gasteiger partial charge in [0.1, 0.15) is 30.2 Å². The van der Waals surface area contributed by atoms with Gasteiger partial charge in [-0.1, -0.05) is 0 Å². The summed E-state index contributed by atoms with van der Waals surface area (Å²) in [7, 11) is 0. The Balaban J connectivity index is 4.58. The lowest BCUT2D eigenvalue weighted by atomic mass is 10.0. The van der Waals surface area contributed by atoms with Crippen LogP contribution in [0.2, 0.25) is 0 Å². The van der Waals surface area contributed by atoms with E-state index in [1.165, 1.54) is 13.8 Å². The summed E-state index contributed by atoms with van der Waals surface area (Å²) >= 11 is 0. The molecule has 0 spiro atoms. The van der Waals surface area contributed by atoms with Crippen molar-refractivity contribution >= 4 is 0 Å². The van der Waals surface area contributed by atoms with Crippen molar-refractivity contribution in [2.45, 2.75) is 38.3 Å². The van der Waals surface area contributed by atoms with Crippen molar-refractivity contribution in [2.75, 3.05) is 6.61 Å². The predicted octanol–water partition coefficient (Wildman–Crippen LogP) is -1.73. The first-order valence-corrected chi connectivity index (χ1v) is 4.52. The van der Waals surface area contributed by atoms with E-state index in [1.807, 2.05) is 0 Å². The molecule has 0 saturated heterocycles. The maximum absolute atomic E-state index is 9.36. The van der Waals surface area contributed by atoms with Crippen molar-refractivity contribution in [1.29, 1.82) is 0 Å². The molecule has 0 rings (SSSR count). The monoisotopic (exact) mass is 222 g/mol. The molecule has 0 aromatic carbocycles. The summed E-state index contributed by atoms with van der Waals surface area (Å²) in [5.74, 6) is -0.466. The molecule has 0 aliphatic carbocycles. The third kappa shape index (κ3) is 3.77. The smallest absolute Gasteiger partial charge is 0.139 e. The van der Waals surface area contributed by atoms with Crippen molar-refractivity contribution in [3.05, 3.63) is 11.3 Å². The molecule has 0 aliphatic heterocycles. The van der Waals surface area contributed by atoms with Gasteiger partial charge in [-0.25, -0.2) is 0 Å². The maximum atomic E-state index is 9.36. The summed E-state index contributed by atoms with van der Waals surface area (Å²) in [4.78, 5) is 0. The Bertz CT molecular complexity index is 223. The SMILES string of the molecule is CC(C)=C(O)[C@H](O)[C@H](O)[C@H](O)[C@H](O)CO. The molecular formula is C9H18O6. The highest BCUT2D eigenvalue weighted by molar-refractivity contribution is 5.09. The van der Waals surface area contributed by atoms with Gasteiger partial charge in [0.05, 0.1) is 6.61 Å². The highest BCUT2D eigenvalue weighted by Crippen LogP contribution is 2.13. The van der Waals surface area contributed by atoms with Gasteiger partial charge in [0.25, 0.3) is 0 Å². The average Bonchev–Trinajstić information content (AvgIpc) is 2.23. The molecule has 0 unspecified atom stereocenters. The van der Waals surface area contributed by atoms with Crippen LogP contribution in [-0.2, 0) is 0 Å². The number of hydrogen-bond acceptors (Lipinski definition) is 6. The minimum atomic E-state index is -1.76. The van der Waals surface area contributed by atoms with Gasteiger partial charge < -0.3 is 30.6 Å². The molecule has 0 aliphatic rings. The van der Waals surface area contributed by atoms with E-state index in [4.69, 9.17) is 10.2 Å². The summed E-state index contributed by atoms with van der Waals surface area (Å²) < 4.78 is 0. The number of hydrogen-bond donors (Lipinski definition) is 6. The third-order valence-corrected chi connectivity index (χ3v) is 2.05. The number of allylic oxidation sites excluding steroid dienone is 1. The lowest BCUT2D eigenvalue weighted by Crippen LogP contribution is -2.46. The number of rotatable bonds is 5. The largest absolute Gasteiger partial charge is 0.510 e. The normalized spacial score (nSPS) is 19.1. The van der Waals surface area contributed by atoms with Crippen LogP contribution in [0, 0.1) is 0 Å². The van der Waals surface area contributed by atoms with Gasteiger partial charge in [-0.05, 0) is 19.4 Å². The Morgan fingerprint density at radius 3 is 1.80 bits per heavy atom. The molecule has 0 amide bonds. The van der Waals surface area contributed by atoms with Crippen molar-refractivity contribution in [1.82, 2.24) is 0 Å². The first-order chi connectivity index (χ1) is 6.82. The van der Waals surface area contributed by atoms with E-state index in [1.54, 1.807) is 0 Å². The summed E-state index contributed by atoms with van der Waals surface area (Å²) in [6, 6.07) is 0. The topological polar surface area (TPSA) is 121 Å². The zero-order valence-corrected chi connectivity index (χ0v) is 8.70. The summed E-state index contributed by atoms with van der Waals surface area (Å²) in [5, 5.41) is 54.7. The molecule has 0 fully saturated rings. The van der Waals surface area contributed by atoms with Gasteiger partial charge in [-0.2, -0.15) is 0 Å². The Labute approximate surface area is 87.7 Å². The molecule has 0 radical (unpaired) electrons. The van der Waals surface area contributed by atoms with Gasteiger partial charge in [-0.15, -0.1) is 0 Å². The second-order valence-corrected chi connectivity index (χ2v) is 3.56. The van der Waals surface area contributed by atoms with Crippen LogP contribution in [0.4, 0.5) is 0 Å². The Kier molecular flexibility index (Phi) is 5.77. The van der Waals surface area contributed by atoms with Crippen molar-refractivity contribution < 1.29 is 30.6 Å². The molecule has 6 N–H and O–H groups in total. The molecule has 0 bridgehead atoms. The lowest BCUT2D eigenvalue weighted by Gasteiger charge is -2.25. The van der Waals surface area contributed by atoms with Crippen molar-refractivity contribution in [3.8, 4) is 0 Å². The van der Waals surface area contributed by atoms with E-state index < -0.39 is 36.8 Å². The first kappa shape index (κ1) is 14.3. The highest BCUT2D eigenvalue weighted by atomic mass is 16.4. The highest BCUT2D eigenvalue weighted by Gasteiger charge is 2.32. The minimum absolute atomic E-state index is 0.382. The standard InChI is InChI=1S/C9H18O6/c1-4(2)6(12)8(14)9(15)7(13)5(11)3-10/h5,7-15H,3H2,1-2H3/t5-,7-,8+,9-/m1/s1. The average molecular weight is 222 g/mol. The van der Waals surface area contributed by atoms with Crippen LogP contribution < -0.4 is 0 Å². The van der Waals surface area contributed by atoms with E-state index in [9.17, 15) is 20.4 Å². The lowest BCUT2D eigenvalue weighted by molar-refractivity contribution is -0.113. The fourth-order valence-electron chi connectivity index (χ4n) is 0.980. The zero-order chi connectivity index (χ0) is 12.2. The second kappa shape index (κ2) is 6.04. The number of aliphatic hydroxyl groups excluding tert-OH is 6. The van der Waals surface area contributed by atoms with Gasteiger partial charge in [0.15, 0.2) is 0 Å². The fraction of sp³-hybridized carbons (Fsp3) is 0.778. The third-order valence-electron chi connectivity index (χ3n) is 2.05. The van der Waals surface area contributed by atoms with Crippen LogP contribution in [-0.4, -0.2) is 61.7 Å². The molecule has 4 atom stereocenters. The Morgan fingerprint density at radius 1 is 1.00 bits per heavy atom. The van der Waals surface area contributed by atoms with E-state index in [2.05, 4.69) is 0 Å². The van der Waals surface area contributed by atoms with Crippen LogP contribution in [0.15, 0.2) is 11.3 Å². The van der Waals surface area contributed by atoms with Crippen LogP contribution >= 0.6 is 0 Å². The Hall–Kier alpha value is -0.660. The molecule has 15 heavy (non-hydrogen) atoms. The van der Waals surface area contributed by atoms with Crippen molar-refractivity contribution in [2.24, 2.45) is 0 Å². The van der Waals surface area contributed by atoms with Crippen LogP contribution in [0.3, 0.4) is 0 Å². The zero-order valence-electron chi connectivity index (χ0n) is 8.70. The molecule has 90 valence electrons. The molecule has 0 saturated carbocycles. The fourth-order valence-corrected chi connectivity index (χ4v) is 0.980. The summed E-state index contributed by atoms with van der Waals surface area (Å²) in [6.07, 6.45) is -6.75.